The molecule has 1 unspecified atom stereocenters. The molecule has 1 aromatic heterocycles. The number of imidazole rings is 1. The molecule has 1 saturated heterocycles. The molecule has 0 radical (unpaired) electrons. The average Bonchev–Trinajstić information content (AvgIpc) is 3.42. The number of halogens is 1. The van der Waals surface area contributed by atoms with Gasteiger partial charge < -0.3 is 20.4 Å². The Morgan fingerprint density at radius 1 is 1.08 bits per heavy atom. The number of anilines is 1. The first kappa shape index (κ1) is 23.9. The van der Waals surface area contributed by atoms with Gasteiger partial charge in [0, 0.05) is 29.8 Å². The van der Waals surface area contributed by atoms with E-state index in [9.17, 15) is 14.4 Å². The van der Waals surface area contributed by atoms with Crippen molar-refractivity contribution in [2.24, 2.45) is 0 Å². The standard InChI is InChI=1S/C26H27ClN6O3/c1-17-28-15-22-16-32(26(36)33(17)22)21-10-12-31(13-11-21)24(34)23(18-6-3-2-4-7-18)30-25(35)29-20-9-5-8-19(27)14-20/h2-9,14-15,21,23H,10-13,16H2,1H3,(H2,29,30,35). The van der Waals surface area contributed by atoms with Crippen LogP contribution in [0.2, 0.25) is 5.02 Å². The first-order valence-corrected chi connectivity index (χ1v) is 12.3. The zero-order valence-corrected chi connectivity index (χ0v) is 20.6. The number of urea groups is 1. The Labute approximate surface area is 214 Å². The van der Waals surface area contributed by atoms with Gasteiger partial charge in [-0.3, -0.25) is 9.36 Å². The van der Waals surface area contributed by atoms with E-state index in [0.29, 0.717) is 54.6 Å². The number of fused-ring (bicyclic) bond motifs is 1. The van der Waals surface area contributed by atoms with Crippen LogP contribution in [0.3, 0.4) is 0 Å². The van der Waals surface area contributed by atoms with Crippen molar-refractivity contribution in [2.75, 3.05) is 18.4 Å². The maximum atomic E-state index is 13.6. The molecule has 1 atom stereocenters. The van der Waals surface area contributed by atoms with E-state index < -0.39 is 12.1 Å². The lowest BCUT2D eigenvalue weighted by Gasteiger charge is -2.37. The van der Waals surface area contributed by atoms with Gasteiger partial charge in [-0.15, -0.1) is 0 Å². The number of nitrogens with one attached hydrogen (secondary N) is 2. The number of amides is 4. The average molecular weight is 507 g/mol. The Bertz CT molecular complexity index is 1290. The Hall–Kier alpha value is -3.85. The number of hydrogen-bond donors (Lipinski definition) is 2. The van der Waals surface area contributed by atoms with Crippen LogP contribution in [-0.4, -0.2) is 56.5 Å². The van der Waals surface area contributed by atoms with Gasteiger partial charge >= 0.3 is 12.1 Å². The van der Waals surface area contributed by atoms with Gasteiger partial charge in [-0.05, 0) is 43.5 Å². The molecule has 186 valence electrons. The predicted molar refractivity (Wildman–Crippen MR) is 136 cm³/mol. The third-order valence-corrected chi connectivity index (χ3v) is 6.97. The second-order valence-electron chi connectivity index (χ2n) is 9.05. The number of aromatic nitrogens is 2. The number of benzene rings is 2. The highest BCUT2D eigenvalue weighted by Crippen LogP contribution is 2.27. The number of rotatable bonds is 5. The molecule has 5 rings (SSSR count). The van der Waals surface area contributed by atoms with Gasteiger partial charge in [0.2, 0.25) is 5.91 Å². The van der Waals surface area contributed by atoms with Crippen LogP contribution in [0.4, 0.5) is 15.3 Å². The third kappa shape index (κ3) is 4.79. The Morgan fingerprint density at radius 2 is 1.83 bits per heavy atom. The SMILES string of the molecule is Cc1ncc2n1C(=O)N(C1CCN(C(=O)C(NC(=O)Nc3cccc(Cl)c3)c3ccccc3)CC1)C2. The van der Waals surface area contributed by atoms with E-state index in [1.807, 2.05) is 42.2 Å². The third-order valence-electron chi connectivity index (χ3n) is 6.74. The first-order chi connectivity index (χ1) is 17.4. The van der Waals surface area contributed by atoms with Crippen LogP contribution in [0.15, 0.2) is 60.8 Å². The van der Waals surface area contributed by atoms with Gasteiger partial charge in [-0.1, -0.05) is 48.0 Å². The predicted octanol–water partition coefficient (Wildman–Crippen LogP) is 4.18. The minimum absolute atomic E-state index is 0.0497. The quantitative estimate of drug-likeness (QED) is 0.542. The van der Waals surface area contributed by atoms with E-state index >= 15 is 0 Å². The molecule has 0 saturated carbocycles. The van der Waals surface area contributed by atoms with E-state index in [0.717, 1.165) is 5.69 Å². The van der Waals surface area contributed by atoms with E-state index in [4.69, 9.17) is 11.6 Å². The van der Waals surface area contributed by atoms with Crippen LogP contribution >= 0.6 is 11.6 Å². The van der Waals surface area contributed by atoms with Gasteiger partial charge in [-0.2, -0.15) is 0 Å². The highest BCUT2D eigenvalue weighted by atomic mass is 35.5. The summed E-state index contributed by atoms with van der Waals surface area (Å²) < 4.78 is 1.66. The molecule has 0 aliphatic carbocycles. The minimum Gasteiger partial charge on any atom is -0.340 e. The maximum absolute atomic E-state index is 13.6. The summed E-state index contributed by atoms with van der Waals surface area (Å²) >= 11 is 6.02. The highest BCUT2D eigenvalue weighted by Gasteiger charge is 2.37. The van der Waals surface area contributed by atoms with E-state index in [1.165, 1.54) is 0 Å². The second kappa shape index (κ2) is 10.0. The van der Waals surface area contributed by atoms with Crippen molar-refractivity contribution in [1.82, 2.24) is 24.7 Å². The molecule has 3 aromatic rings. The van der Waals surface area contributed by atoms with Crippen LogP contribution in [0, 0.1) is 6.92 Å². The molecular weight excluding hydrogens is 480 g/mol. The largest absolute Gasteiger partial charge is 0.340 e. The Balaban J connectivity index is 1.25. The van der Waals surface area contributed by atoms with E-state index in [-0.39, 0.29) is 18.0 Å². The molecule has 2 aromatic carbocycles. The molecule has 3 heterocycles. The molecule has 10 heteroatoms. The van der Waals surface area contributed by atoms with E-state index in [1.54, 1.807) is 39.9 Å². The second-order valence-corrected chi connectivity index (χ2v) is 9.49. The number of piperidine rings is 1. The van der Waals surface area contributed by atoms with Gasteiger partial charge in [0.05, 0.1) is 18.4 Å². The van der Waals surface area contributed by atoms with Crippen LogP contribution in [0.5, 0.6) is 0 Å². The normalized spacial score (nSPS) is 16.6. The lowest BCUT2D eigenvalue weighted by atomic mass is 10.0. The number of hydrogen-bond acceptors (Lipinski definition) is 4. The summed E-state index contributed by atoms with van der Waals surface area (Å²) in [6, 6.07) is 14.7. The summed E-state index contributed by atoms with van der Waals surface area (Å²) in [4.78, 5) is 47.1. The lowest BCUT2D eigenvalue weighted by Crippen LogP contribution is -2.50. The molecular formula is C26H27ClN6O3. The van der Waals surface area contributed by atoms with Crippen LogP contribution in [0.1, 0.15) is 36.0 Å². The summed E-state index contributed by atoms with van der Waals surface area (Å²) in [6.45, 7) is 3.36. The summed E-state index contributed by atoms with van der Waals surface area (Å²) in [5.41, 5.74) is 2.13. The number of carbonyl (C=O) groups is 3. The molecule has 4 amide bonds. The number of nitrogens with zero attached hydrogens (tertiary/aromatic N) is 4. The highest BCUT2D eigenvalue weighted by molar-refractivity contribution is 6.30. The van der Waals surface area contributed by atoms with Crippen molar-refractivity contribution >= 4 is 35.3 Å². The Morgan fingerprint density at radius 3 is 2.53 bits per heavy atom. The van der Waals surface area contributed by atoms with Crippen LogP contribution in [0.25, 0.3) is 0 Å². The molecule has 1 fully saturated rings. The van der Waals surface area contributed by atoms with Gasteiger partial charge in [0.1, 0.15) is 11.9 Å². The zero-order valence-electron chi connectivity index (χ0n) is 19.9. The fourth-order valence-electron chi connectivity index (χ4n) is 4.90. The number of likely N-dealkylation sites (tertiary alicyclic amines) is 1. The fourth-order valence-corrected chi connectivity index (χ4v) is 5.09. The number of aryl methyl sites for hydroxylation is 1. The van der Waals surface area contributed by atoms with E-state index in [2.05, 4.69) is 15.6 Å². The molecule has 9 nitrogen and oxygen atoms in total. The summed E-state index contributed by atoms with van der Waals surface area (Å²) in [5, 5.41) is 6.07. The van der Waals surface area contributed by atoms with Gasteiger partial charge in [0.15, 0.2) is 0 Å². The molecule has 0 bridgehead atoms. The smallest absolute Gasteiger partial charge is 0.330 e. The first-order valence-electron chi connectivity index (χ1n) is 11.9. The molecule has 2 N–H and O–H groups in total. The van der Waals surface area contributed by atoms with Crippen molar-refractivity contribution in [3.05, 3.63) is 82.9 Å². The summed E-state index contributed by atoms with van der Waals surface area (Å²) in [5.74, 6) is 0.512. The van der Waals surface area contributed by atoms with Crippen LogP contribution in [-0.2, 0) is 11.3 Å². The molecule has 2 aliphatic rings. The summed E-state index contributed by atoms with van der Waals surface area (Å²) in [7, 11) is 0. The fraction of sp³-hybridized carbons (Fsp3) is 0.308. The summed E-state index contributed by atoms with van der Waals surface area (Å²) in [6.07, 6.45) is 3.09. The van der Waals surface area contributed by atoms with Gasteiger partial charge in [-0.25, -0.2) is 14.6 Å². The van der Waals surface area contributed by atoms with Crippen molar-refractivity contribution < 1.29 is 14.4 Å². The van der Waals surface area contributed by atoms with Crippen molar-refractivity contribution in [3.8, 4) is 0 Å². The van der Waals surface area contributed by atoms with Crippen molar-refractivity contribution in [3.63, 3.8) is 0 Å². The topological polar surface area (TPSA) is 99.6 Å². The Kier molecular flexibility index (Phi) is 6.65. The zero-order chi connectivity index (χ0) is 25.2. The van der Waals surface area contributed by atoms with Crippen LogP contribution < -0.4 is 10.6 Å². The van der Waals surface area contributed by atoms with Gasteiger partial charge in [0.25, 0.3) is 0 Å². The lowest BCUT2D eigenvalue weighted by molar-refractivity contribution is -0.134. The van der Waals surface area contributed by atoms with Crippen molar-refractivity contribution in [2.45, 2.75) is 38.4 Å². The molecule has 2 aliphatic heterocycles. The molecule has 36 heavy (non-hydrogen) atoms. The maximum Gasteiger partial charge on any atom is 0.330 e. The number of carbonyl (C=O) groups excluding carboxylic acids is 3. The molecule has 0 spiro atoms. The minimum atomic E-state index is -0.843. The van der Waals surface area contributed by atoms with Crippen molar-refractivity contribution in [1.29, 1.82) is 0 Å². The monoisotopic (exact) mass is 506 g/mol.